The molecule has 0 saturated carbocycles. The zero-order valence-corrected chi connectivity index (χ0v) is 12.7. The van der Waals surface area contributed by atoms with Crippen molar-refractivity contribution in [2.24, 2.45) is 0 Å². The molecule has 1 N–H and O–H groups in total. The number of rotatable bonds is 5. The van der Waals surface area contributed by atoms with Crippen molar-refractivity contribution in [3.05, 3.63) is 59.7 Å². The Bertz CT molecular complexity index is 557. The monoisotopic (exact) mass is 290 g/mol. The third-order valence-electron chi connectivity index (χ3n) is 3.34. The molecule has 0 bridgehead atoms. The number of halogens is 1. The number of hydrogen-bond acceptors (Lipinski definition) is 3. The van der Waals surface area contributed by atoms with Crippen molar-refractivity contribution in [2.45, 2.75) is 30.8 Å². The highest BCUT2D eigenvalue weighted by Crippen LogP contribution is 2.22. The van der Waals surface area contributed by atoms with E-state index in [-0.39, 0.29) is 17.9 Å². The number of thioether (sulfide) groups is 1. The predicted molar refractivity (Wildman–Crippen MR) is 82.4 cm³/mol. The molecule has 1 heterocycles. The Morgan fingerprint density at radius 2 is 1.70 bits per heavy atom. The lowest BCUT2D eigenvalue weighted by molar-refractivity contribution is 0.490. The summed E-state index contributed by atoms with van der Waals surface area (Å²) in [6.07, 6.45) is 4.99. The summed E-state index contributed by atoms with van der Waals surface area (Å²) in [6.45, 7) is 4.13. The van der Waals surface area contributed by atoms with E-state index in [9.17, 15) is 4.39 Å². The largest absolute Gasteiger partial charge is 0.304 e. The van der Waals surface area contributed by atoms with Gasteiger partial charge in [0.25, 0.3) is 0 Å². The first kappa shape index (κ1) is 15.0. The number of aromatic nitrogens is 1. The second kappa shape index (κ2) is 6.86. The topological polar surface area (TPSA) is 24.9 Å². The molecular formula is C16H19FN2S. The summed E-state index contributed by atoms with van der Waals surface area (Å²) in [4.78, 5) is 5.14. The van der Waals surface area contributed by atoms with Gasteiger partial charge in [-0.1, -0.05) is 12.1 Å². The summed E-state index contributed by atoms with van der Waals surface area (Å²) in [5.41, 5.74) is 2.08. The van der Waals surface area contributed by atoms with Gasteiger partial charge in [0, 0.05) is 23.2 Å². The van der Waals surface area contributed by atoms with Crippen molar-refractivity contribution < 1.29 is 4.39 Å². The van der Waals surface area contributed by atoms with E-state index in [1.165, 1.54) is 22.7 Å². The van der Waals surface area contributed by atoms with Crippen molar-refractivity contribution in [3.63, 3.8) is 0 Å². The summed E-state index contributed by atoms with van der Waals surface area (Å²) in [7, 11) is 0. The maximum absolute atomic E-state index is 13.2. The van der Waals surface area contributed by atoms with Gasteiger partial charge in [-0.15, -0.1) is 11.8 Å². The Morgan fingerprint density at radius 3 is 2.30 bits per heavy atom. The average Bonchev–Trinajstić information content (AvgIpc) is 2.47. The summed E-state index contributed by atoms with van der Waals surface area (Å²) in [5.74, 6) is -0.298. The van der Waals surface area contributed by atoms with E-state index < -0.39 is 0 Å². The first-order valence-electron chi connectivity index (χ1n) is 6.60. The lowest BCUT2D eigenvalue weighted by Crippen LogP contribution is -2.22. The number of nitrogens with one attached hydrogen (secondary N) is 1. The third-order valence-corrected chi connectivity index (χ3v) is 4.09. The minimum absolute atomic E-state index is 0.0495. The minimum atomic E-state index is -0.298. The van der Waals surface area contributed by atoms with Gasteiger partial charge in [-0.3, -0.25) is 4.98 Å². The molecule has 1 aromatic carbocycles. The Hall–Kier alpha value is -1.39. The Labute approximate surface area is 123 Å². The Kier molecular flexibility index (Phi) is 5.15. The normalized spacial score (nSPS) is 14.0. The molecule has 2 unspecified atom stereocenters. The average molecular weight is 290 g/mol. The molecule has 2 aromatic rings. The molecule has 0 spiro atoms. The Morgan fingerprint density at radius 1 is 1.05 bits per heavy atom. The van der Waals surface area contributed by atoms with Crippen LogP contribution in [0.25, 0.3) is 0 Å². The van der Waals surface area contributed by atoms with Crippen molar-refractivity contribution in [2.75, 3.05) is 6.26 Å². The Balaban J connectivity index is 2.04. The smallest absolute Gasteiger partial charge is 0.141 e. The van der Waals surface area contributed by atoms with Crippen LogP contribution in [0.4, 0.5) is 4.39 Å². The fourth-order valence-electron chi connectivity index (χ4n) is 2.13. The number of pyridine rings is 1. The first-order chi connectivity index (χ1) is 9.60. The molecule has 0 saturated heterocycles. The van der Waals surface area contributed by atoms with E-state index in [1.54, 1.807) is 18.0 Å². The van der Waals surface area contributed by atoms with Crippen molar-refractivity contribution in [1.29, 1.82) is 0 Å². The molecule has 0 aliphatic heterocycles. The van der Waals surface area contributed by atoms with E-state index in [0.29, 0.717) is 0 Å². The summed E-state index contributed by atoms with van der Waals surface area (Å²) >= 11 is 1.73. The van der Waals surface area contributed by atoms with Gasteiger partial charge < -0.3 is 5.32 Å². The summed E-state index contributed by atoms with van der Waals surface area (Å²) in [6, 6.07) is 10.3. The highest BCUT2D eigenvalue weighted by atomic mass is 32.2. The molecular weight excluding hydrogens is 271 g/mol. The highest BCUT2D eigenvalue weighted by Gasteiger charge is 2.12. The maximum Gasteiger partial charge on any atom is 0.141 e. The quantitative estimate of drug-likeness (QED) is 0.828. The molecule has 0 aliphatic rings. The fraction of sp³-hybridized carbons (Fsp3) is 0.312. The van der Waals surface area contributed by atoms with E-state index in [0.717, 1.165) is 5.56 Å². The van der Waals surface area contributed by atoms with Crippen LogP contribution in [-0.2, 0) is 0 Å². The van der Waals surface area contributed by atoms with Crippen LogP contribution in [0.5, 0.6) is 0 Å². The van der Waals surface area contributed by atoms with Crippen LogP contribution < -0.4 is 5.32 Å². The number of hydrogen-bond donors (Lipinski definition) is 1. The number of benzene rings is 1. The van der Waals surface area contributed by atoms with Gasteiger partial charge in [0.2, 0.25) is 0 Å². The molecule has 2 atom stereocenters. The van der Waals surface area contributed by atoms with Gasteiger partial charge in [-0.2, -0.15) is 0 Å². The standard InChI is InChI=1S/C16H19FN2S/c1-11(13-4-6-16(20-3)7-5-13)19-12(2)14-8-15(17)10-18-9-14/h4-12,19H,1-3H3. The lowest BCUT2D eigenvalue weighted by Gasteiger charge is -2.20. The van der Waals surface area contributed by atoms with Crippen LogP contribution in [-0.4, -0.2) is 11.2 Å². The first-order valence-corrected chi connectivity index (χ1v) is 7.83. The van der Waals surface area contributed by atoms with Crippen molar-refractivity contribution in [1.82, 2.24) is 10.3 Å². The SMILES string of the molecule is CSc1ccc(C(C)NC(C)c2cncc(F)c2)cc1. The second-order valence-corrected chi connectivity index (χ2v) is 5.70. The van der Waals surface area contributed by atoms with Crippen molar-refractivity contribution >= 4 is 11.8 Å². The van der Waals surface area contributed by atoms with E-state index in [2.05, 4.69) is 47.7 Å². The molecule has 2 nitrogen and oxygen atoms in total. The maximum atomic E-state index is 13.2. The predicted octanol–water partition coefficient (Wildman–Crippen LogP) is 4.35. The van der Waals surface area contributed by atoms with Crippen LogP contribution in [0.2, 0.25) is 0 Å². The zero-order valence-electron chi connectivity index (χ0n) is 11.9. The van der Waals surface area contributed by atoms with E-state index in [1.807, 2.05) is 6.92 Å². The van der Waals surface area contributed by atoms with Gasteiger partial charge in [-0.25, -0.2) is 4.39 Å². The molecule has 0 fully saturated rings. The molecule has 4 heteroatoms. The molecule has 106 valence electrons. The van der Waals surface area contributed by atoms with Gasteiger partial charge in [0.15, 0.2) is 0 Å². The van der Waals surface area contributed by atoms with Crippen LogP contribution in [0.1, 0.15) is 37.1 Å². The minimum Gasteiger partial charge on any atom is -0.304 e. The molecule has 1 aromatic heterocycles. The number of nitrogens with zero attached hydrogens (tertiary/aromatic N) is 1. The lowest BCUT2D eigenvalue weighted by atomic mass is 10.1. The summed E-state index contributed by atoms with van der Waals surface area (Å²) in [5, 5.41) is 3.46. The van der Waals surface area contributed by atoms with Gasteiger partial charge in [0.1, 0.15) is 5.82 Å². The third kappa shape index (κ3) is 3.81. The highest BCUT2D eigenvalue weighted by molar-refractivity contribution is 7.98. The van der Waals surface area contributed by atoms with E-state index in [4.69, 9.17) is 0 Å². The molecule has 0 radical (unpaired) electrons. The molecule has 0 aliphatic carbocycles. The molecule has 0 amide bonds. The van der Waals surface area contributed by atoms with Crippen LogP contribution in [0.3, 0.4) is 0 Å². The van der Waals surface area contributed by atoms with E-state index >= 15 is 0 Å². The van der Waals surface area contributed by atoms with Crippen LogP contribution in [0, 0.1) is 5.82 Å². The molecule has 20 heavy (non-hydrogen) atoms. The zero-order chi connectivity index (χ0) is 14.5. The second-order valence-electron chi connectivity index (χ2n) is 4.82. The summed E-state index contributed by atoms with van der Waals surface area (Å²) < 4.78 is 13.2. The van der Waals surface area contributed by atoms with Crippen LogP contribution in [0.15, 0.2) is 47.6 Å². The molecule has 2 rings (SSSR count). The van der Waals surface area contributed by atoms with Gasteiger partial charge >= 0.3 is 0 Å². The van der Waals surface area contributed by atoms with Crippen molar-refractivity contribution in [3.8, 4) is 0 Å². The fourth-order valence-corrected chi connectivity index (χ4v) is 2.53. The van der Waals surface area contributed by atoms with Gasteiger partial charge in [0.05, 0.1) is 6.20 Å². The van der Waals surface area contributed by atoms with Crippen LogP contribution >= 0.6 is 11.8 Å². The van der Waals surface area contributed by atoms with Gasteiger partial charge in [-0.05, 0) is 49.4 Å².